The first-order valence-electron chi connectivity index (χ1n) is 9.89. The van der Waals surface area contributed by atoms with Crippen molar-refractivity contribution in [2.45, 2.75) is 25.9 Å². The van der Waals surface area contributed by atoms with E-state index in [1.165, 1.54) is 0 Å². The molecule has 4 rings (SSSR count). The van der Waals surface area contributed by atoms with E-state index in [0.29, 0.717) is 47.3 Å². The van der Waals surface area contributed by atoms with Crippen molar-refractivity contribution in [2.75, 3.05) is 30.4 Å². The molecule has 3 heterocycles. The number of nitrogens with zero attached hydrogens (tertiary/aromatic N) is 3. The first-order chi connectivity index (χ1) is 14.6. The Morgan fingerprint density at radius 1 is 1.50 bits per heavy atom. The Morgan fingerprint density at radius 2 is 2.33 bits per heavy atom. The molecule has 2 aromatic rings. The average molecular weight is 423 g/mol. The molecule has 1 saturated heterocycles. The summed E-state index contributed by atoms with van der Waals surface area (Å²) >= 11 is 6.42. The number of pyridine rings is 1. The minimum atomic E-state index is -0.0120. The van der Waals surface area contributed by atoms with E-state index in [-0.39, 0.29) is 6.10 Å². The van der Waals surface area contributed by atoms with Crippen LogP contribution in [-0.4, -0.2) is 30.8 Å². The predicted octanol–water partition coefficient (Wildman–Crippen LogP) is 4.65. The molecule has 30 heavy (non-hydrogen) atoms. The van der Waals surface area contributed by atoms with E-state index in [4.69, 9.17) is 26.8 Å². The number of ether oxygens (including phenoxy) is 2. The highest BCUT2D eigenvalue weighted by atomic mass is 35.5. The van der Waals surface area contributed by atoms with Crippen molar-refractivity contribution >= 4 is 33.9 Å². The number of hydrogen-bond acceptors (Lipinski definition) is 6. The van der Waals surface area contributed by atoms with E-state index in [9.17, 15) is 5.26 Å². The molecule has 0 radical (unpaired) electrons. The van der Waals surface area contributed by atoms with Crippen molar-refractivity contribution < 1.29 is 9.47 Å². The summed E-state index contributed by atoms with van der Waals surface area (Å²) in [5.74, 6) is 0.583. The Bertz CT molecular complexity index is 1110. The van der Waals surface area contributed by atoms with Gasteiger partial charge in [-0.05, 0) is 31.1 Å². The number of fused-ring (bicyclic) bond motifs is 1. The van der Waals surface area contributed by atoms with Crippen LogP contribution in [-0.2, 0) is 4.74 Å². The lowest BCUT2D eigenvalue weighted by atomic mass is 10.1. The first kappa shape index (κ1) is 20.3. The Balaban J connectivity index is 1.85. The number of nitrogen functional groups attached to an aromatic ring is 1. The number of allylic oxidation sites excluding steroid dienone is 3. The second kappa shape index (κ2) is 8.39. The van der Waals surface area contributed by atoms with Crippen LogP contribution in [0.25, 0.3) is 10.9 Å². The summed E-state index contributed by atoms with van der Waals surface area (Å²) in [6.07, 6.45) is 6.82. The van der Waals surface area contributed by atoms with Gasteiger partial charge in [0.1, 0.15) is 17.9 Å². The molecule has 0 bridgehead atoms. The van der Waals surface area contributed by atoms with Crippen molar-refractivity contribution in [2.24, 2.45) is 0 Å². The lowest BCUT2D eigenvalue weighted by molar-refractivity contribution is 0.142. The van der Waals surface area contributed by atoms with Crippen LogP contribution in [0.15, 0.2) is 53.4 Å². The summed E-state index contributed by atoms with van der Waals surface area (Å²) in [7, 11) is 0. The molecule has 2 N–H and O–H groups in total. The van der Waals surface area contributed by atoms with Gasteiger partial charge in [-0.2, -0.15) is 5.26 Å². The minimum Gasteiger partial charge on any atom is -0.486 e. The fourth-order valence-corrected chi connectivity index (χ4v) is 4.19. The number of aromatic nitrogens is 1. The third-order valence-corrected chi connectivity index (χ3v) is 5.91. The van der Waals surface area contributed by atoms with E-state index in [1.807, 2.05) is 25.1 Å². The van der Waals surface area contributed by atoms with E-state index >= 15 is 0 Å². The summed E-state index contributed by atoms with van der Waals surface area (Å²) in [4.78, 5) is 6.56. The molecule has 1 fully saturated rings. The maximum atomic E-state index is 9.77. The summed E-state index contributed by atoms with van der Waals surface area (Å²) < 4.78 is 11.4. The van der Waals surface area contributed by atoms with Gasteiger partial charge in [-0.1, -0.05) is 24.3 Å². The molecule has 6 nitrogen and oxygen atoms in total. The maximum absolute atomic E-state index is 9.77. The molecule has 2 aliphatic rings. The van der Waals surface area contributed by atoms with Crippen molar-refractivity contribution in [1.29, 1.82) is 5.26 Å². The number of nitriles is 1. The summed E-state index contributed by atoms with van der Waals surface area (Å²) in [6, 6.07) is 5.93. The van der Waals surface area contributed by atoms with Crippen molar-refractivity contribution in [3.8, 4) is 11.8 Å². The number of rotatable bonds is 5. The van der Waals surface area contributed by atoms with Gasteiger partial charge in [-0.25, -0.2) is 0 Å². The summed E-state index contributed by atoms with van der Waals surface area (Å²) in [5, 5.41) is 11.2. The molecule has 154 valence electrons. The van der Waals surface area contributed by atoms with Crippen LogP contribution < -0.4 is 15.4 Å². The number of halogens is 1. The molecule has 1 atom stereocenters. The number of anilines is 2. The summed E-state index contributed by atoms with van der Waals surface area (Å²) in [6.45, 7) is 7.80. The van der Waals surface area contributed by atoms with Crippen LogP contribution in [0.4, 0.5) is 11.4 Å². The molecule has 7 heteroatoms. The van der Waals surface area contributed by atoms with E-state index in [1.54, 1.807) is 12.3 Å². The zero-order valence-electron chi connectivity index (χ0n) is 16.8. The lowest BCUT2D eigenvalue weighted by Crippen LogP contribution is -2.20. The van der Waals surface area contributed by atoms with Gasteiger partial charge < -0.3 is 20.1 Å². The van der Waals surface area contributed by atoms with Gasteiger partial charge in [0.05, 0.1) is 35.7 Å². The van der Waals surface area contributed by atoms with Gasteiger partial charge in [0.15, 0.2) is 0 Å². The largest absolute Gasteiger partial charge is 0.486 e. The van der Waals surface area contributed by atoms with Crippen LogP contribution in [0.5, 0.6) is 5.75 Å². The third kappa shape index (κ3) is 3.51. The van der Waals surface area contributed by atoms with Gasteiger partial charge in [0, 0.05) is 41.3 Å². The number of nitrogens with two attached hydrogens (primary N) is 1. The van der Waals surface area contributed by atoms with Gasteiger partial charge in [0.2, 0.25) is 0 Å². The second-order valence-corrected chi connectivity index (χ2v) is 7.66. The highest BCUT2D eigenvalue weighted by Gasteiger charge is 2.27. The Hall–Kier alpha value is -3.01. The molecular weight excluding hydrogens is 400 g/mol. The van der Waals surface area contributed by atoms with Gasteiger partial charge >= 0.3 is 0 Å². The van der Waals surface area contributed by atoms with Crippen LogP contribution in [0.2, 0.25) is 0 Å². The standard InChI is InChI=1S/C23H23ClN4O2/c1-3-18(24)16-5-7-28(21(16)4-2)23-14(11-25)12-27-20-10-22(19(26)9-17(20)23)30-15-6-8-29-13-15/h3-4,9-10,12,15H,2,5-8,13,26H2,1H3/b18-3+. The van der Waals surface area contributed by atoms with Crippen LogP contribution in [0.3, 0.4) is 0 Å². The highest BCUT2D eigenvalue weighted by molar-refractivity contribution is 6.32. The van der Waals surface area contributed by atoms with E-state index in [0.717, 1.165) is 35.2 Å². The van der Waals surface area contributed by atoms with Gasteiger partial charge in [-0.15, -0.1) is 0 Å². The quantitative estimate of drug-likeness (QED) is 0.706. The molecule has 1 aromatic carbocycles. The molecule has 2 aliphatic heterocycles. The van der Waals surface area contributed by atoms with Gasteiger partial charge in [-0.3, -0.25) is 4.98 Å². The van der Waals surface area contributed by atoms with Crippen LogP contribution in [0.1, 0.15) is 25.3 Å². The normalized spacial score (nSPS) is 19.4. The van der Waals surface area contributed by atoms with Crippen molar-refractivity contribution in [3.63, 3.8) is 0 Å². The van der Waals surface area contributed by atoms with E-state index in [2.05, 4.69) is 22.5 Å². The van der Waals surface area contributed by atoms with Crippen LogP contribution >= 0.6 is 11.6 Å². The second-order valence-electron chi connectivity index (χ2n) is 7.25. The molecular formula is C23H23ClN4O2. The highest BCUT2D eigenvalue weighted by Crippen LogP contribution is 2.41. The minimum absolute atomic E-state index is 0.0120. The fourth-order valence-electron chi connectivity index (χ4n) is 4.00. The zero-order valence-corrected chi connectivity index (χ0v) is 17.6. The SMILES string of the molecule is C=CC1=C(/C(Cl)=C\C)CCN1c1c(C#N)cnc2cc(OC3CCOC3)c(N)cc12. The Kier molecular flexibility index (Phi) is 5.67. The predicted molar refractivity (Wildman–Crippen MR) is 120 cm³/mol. The topological polar surface area (TPSA) is 84.4 Å². The average Bonchev–Trinajstić information content (AvgIpc) is 3.42. The molecule has 0 spiro atoms. The Labute approximate surface area is 180 Å². The number of benzene rings is 1. The van der Waals surface area contributed by atoms with E-state index < -0.39 is 0 Å². The molecule has 1 unspecified atom stereocenters. The molecule has 0 amide bonds. The molecule has 1 aromatic heterocycles. The smallest absolute Gasteiger partial charge is 0.144 e. The molecule has 0 aliphatic carbocycles. The third-order valence-electron chi connectivity index (χ3n) is 5.46. The van der Waals surface area contributed by atoms with Crippen molar-refractivity contribution in [1.82, 2.24) is 4.98 Å². The first-order valence-corrected chi connectivity index (χ1v) is 10.3. The van der Waals surface area contributed by atoms with Crippen molar-refractivity contribution in [3.05, 3.63) is 58.9 Å². The van der Waals surface area contributed by atoms with Crippen LogP contribution in [0, 0.1) is 11.3 Å². The van der Waals surface area contributed by atoms with Gasteiger partial charge in [0.25, 0.3) is 0 Å². The monoisotopic (exact) mass is 422 g/mol. The summed E-state index contributed by atoms with van der Waals surface area (Å²) in [5.41, 5.74) is 10.7. The number of hydrogen-bond donors (Lipinski definition) is 1. The maximum Gasteiger partial charge on any atom is 0.144 e. The Morgan fingerprint density at radius 3 is 3.00 bits per heavy atom. The lowest BCUT2D eigenvalue weighted by Gasteiger charge is -2.24. The zero-order chi connectivity index (χ0) is 21.3. The fraction of sp³-hybridized carbons (Fsp3) is 0.304. The molecule has 0 saturated carbocycles.